The van der Waals surface area contributed by atoms with Gasteiger partial charge in [0.15, 0.2) is 0 Å². The summed E-state index contributed by atoms with van der Waals surface area (Å²) in [6.45, 7) is 2.04. The molecule has 16 heavy (non-hydrogen) atoms. The number of aromatic nitrogens is 3. The summed E-state index contributed by atoms with van der Waals surface area (Å²) >= 11 is 0. The molecule has 2 rings (SSSR count). The van der Waals surface area contributed by atoms with Gasteiger partial charge in [-0.3, -0.25) is 9.89 Å². The highest BCUT2D eigenvalue weighted by Crippen LogP contribution is 2.06. The lowest BCUT2D eigenvalue weighted by molar-refractivity contribution is 0.0914. The van der Waals surface area contributed by atoms with Crippen LogP contribution in [0.4, 0.5) is 5.82 Å². The van der Waals surface area contributed by atoms with Crippen LogP contribution in [0.15, 0.2) is 16.8 Å². The van der Waals surface area contributed by atoms with E-state index in [0.29, 0.717) is 18.1 Å². The molecule has 0 aromatic carbocycles. The Morgan fingerprint density at radius 2 is 2.50 bits per heavy atom. The number of rotatable bonds is 3. The number of nitrogens with one attached hydrogen (secondary N) is 2. The normalized spacial score (nSPS) is 10.3. The van der Waals surface area contributed by atoms with E-state index >= 15 is 0 Å². The SMILES string of the molecule is Cc1cc(C(=O)NCc2cn[nH]c2N)on1. The number of amides is 1. The van der Waals surface area contributed by atoms with Crippen molar-refractivity contribution in [2.75, 3.05) is 5.73 Å². The number of carbonyl (C=O) groups is 1. The number of carbonyl (C=O) groups excluding carboxylic acids is 1. The van der Waals surface area contributed by atoms with E-state index in [0.717, 1.165) is 5.56 Å². The summed E-state index contributed by atoms with van der Waals surface area (Å²) in [6.07, 6.45) is 1.56. The first-order valence-corrected chi connectivity index (χ1v) is 4.66. The summed E-state index contributed by atoms with van der Waals surface area (Å²) in [6, 6.07) is 1.56. The molecular weight excluding hydrogens is 210 g/mol. The van der Waals surface area contributed by atoms with Crippen molar-refractivity contribution in [2.24, 2.45) is 0 Å². The molecule has 0 saturated heterocycles. The topological polar surface area (TPSA) is 110 Å². The van der Waals surface area contributed by atoms with Crippen molar-refractivity contribution < 1.29 is 9.32 Å². The number of aromatic amines is 1. The maximum atomic E-state index is 11.5. The summed E-state index contributed by atoms with van der Waals surface area (Å²) in [5, 5.41) is 12.6. The van der Waals surface area contributed by atoms with Crippen molar-refractivity contribution in [1.82, 2.24) is 20.7 Å². The molecule has 0 aliphatic rings. The summed E-state index contributed by atoms with van der Waals surface area (Å²) < 4.78 is 4.81. The molecule has 0 radical (unpaired) electrons. The largest absolute Gasteiger partial charge is 0.384 e. The molecule has 2 aromatic heterocycles. The van der Waals surface area contributed by atoms with E-state index in [-0.39, 0.29) is 11.7 Å². The van der Waals surface area contributed by atoms with Gasteiger partial charge < -0.3 is 15.6 Å². The van der Waals surface area contributed by atoms with Gasteiger partial charge in [0.2, 0.25) is 5.76 Å². The fraction of sp³-hybridized carbons (Fsp3) is 0.222. The molecular formula is C9H11N5O2. The van der Waals surface area contributed by atoms with E-state index in [9.17, 15) is 4.79 Å². The molecule has 0 spiro atoms. The number of nitrogen functional groups attached to an aromatic ring is 1. The third kappa shape index (κ3) is 2.02. The maximum Gasteiger partial charge on any atom is 0.290 e. The first kappa shape index (κ1) is 10.2. The minimum atomic E-state index is -0.332. The van der Waals surface area contributed by atoms with Gasteiger partial charge in [0.25, 0.3) is 5.91 Å². The van der Waals surface area contributed by atoms with E-state index in [1.807, 2.05) is 0 Å². The molecule has 0 bridgehead atoms. The van der Waals surface area contributed by atoms with Crippen LogP contribution in [0.3, 0.4) is 0 Å². The maximum absolute atomic E-state index is 11.5. The van der Waals surface area contributed by atoms with E-state index < -0.39 is 0 Å². The Morgan fingerprint density at radius 3 is 3.06 bits per heavy atom. The second-order valence-electron chi connectivity index (χ2n) is 3.32. The van der Waals surface area contributed by atoms with Crippen LogP contribution in [0.5, 0.6) is 0 Å². The molecule has 0 atom stereocenters. The number of nitrogens with zero attached hydrogens (tertiary/aromatic N) is 2. The van der Waals surface area contributed by atoms with Crippen molar-refractivity contribution in [3.63, 3.8) is 0 Å². The van der Waals surface area contributed by atoms with E-state index in [1.165, 1.54) is 0 Å². The van der Waals surface area contributed by atoms with Crippen molar-refractivity contribution in [3.05, 3.63) is 29.3 Å². The predicted octanol–water partition coefficient (Wildman–Crippen LogP) is 0.218. The van der Waals surface area contributed by atoms with Crippen LogP contribution in [0.1, 0.15) is 21.8 Å². The smallest absolute Gasteiger partial charge is 0.290 e. The zero-order valence-corrected chi connectivity index (χ0v) is 8.65. The van der Waals surface area contributed by atoms with Crippen LogP contribution in [0.25, 0.3) is 0 Å². The average Bonchev–Trinajstić information content (AvgIpc) is 2.84. The third-order valence-electron chi connectivity index (χ3n) is 2.04. The number of anilines is 1. The van der Waals surface area contributed by atoms with Gasteiger partial charge in [0, 0.05) is 18.2 Å². The third-order valence-corrected chi connectivity index (χ3v) is 2.04. The van der Waals surface area contributed by atoms with Crippen LogP contribution >= 0.6 is 0 Å². The molecule has 7 nitrogen and oxygen atoms in total. The Kier molecular flexibility index (Phi) is 2.59. The van der Waals surface area contributed by atoms with E-state index in [1.54, 1.807) is 19.2 Å². The molecule has 1 amide bonds. The van der Waals surface area contributed by atoms with Crippen LogP contribution < -0.4 is 11.1 Å². The van der Waals surface area contributed by atoms with Crippen molar-refractivity contribution >= 4 is 11.7 Å². The van der Waals surface area contributed by atoms with E-state index in [2.05, 4.69) is 20.7 Å². The monoisotopic (exact) mass is 221 g/mol. The quantitative estimate of drug-likeness (QED) is 0.686. The highest BCUT2D eigenvalue weighted by molar-refractivity contribution is 5.91. The lowest BCUT2D eigenvalue weighted by atomic mass is 10.3. The highest BCUT2D eigenvalue weighted by Gasteiger charge is 2.11. The number of aryl methyl sites for hydroxylation is 1. The van der Waals surface area contributed by atoms with E-state index in [4.69, 9.17) is 10.3 Å². The van der Waals surface area contributed by atoms with Gasteiger partial charge in [0.1, 0.15) is 5.82 Å². The van der Waals surface area contributed by atoms with Crippen LogP contribution in [0.2, 0.25) is 0 Å². The minimum absolute atomic E-state index is 0.180. The Morgan fingerprint density at radius 1 is 1.69 bits per heavy atom. The first-order valence-electron chi connectivity index (χ1n) is 4.66. The zero-order valence-electron chi connectivity index (χ0n) is 8.65. The fourth-order valence-corrected chi connectivity index (χ4v) is 1.20. The van der Waals surface area contributed by atoms with Gasteiger partial charge in [-0.15, -0.1) is 0 Å². The van der Waals surface area contributed by atoms with Crippen molar-refractivity contribution in [3.8, 4) is 0 Å². The molecule has 0 aliphatic carbocycles. The van der Waals surface area contributed by atoms with Gasteiger partial charge >= 0.3 is 0 Å². The molecule has 2 aromatic rings. The second-order valence-corrected chi connectivity index (χ2v) is 3.32. The van der Waals surface area contributed by atoms with Crippen molar-refractivity contribution in [1.29, 1.82) is 0 Å². The summed E-state index contributed by atoms with van der Waals surface area (Å²) in [5.74, 6) is 0.287. The van der Waals surface area contributed by atoms with Crippen LogP contribution in [-0.4, -0.2) is 21.3 Å². The minimum Gasteiger partial charge on any atom is -0.384 e. The Labute approximate surface area is 91.0 Å². The average molecular weight is 221 g/mol. The number of hydrogen-bond acceptors (Lipinski definition) is 5. The fourth-order valence-electron chi connectivity index (χ4n) is 1.20. The lowest BCUT2D eigenvalue weighted by Crippen LogP contribution is -2.22. The lowest BCUT2D eigenvalue weighted by Gasteiger charge is -2.00. The summed E-state index contributed by atoms with van der Waals surface area (Å²) in [5.41, 5.74) is 6.95. The Balaban J connectivity index is 1.96. The van der Waals surface area contributed by atoms with Gasteiger partial charge in [-0.1, -0.05) is 5.16 Å². The molecule has 84 valence electrons. The Hall–Kier alpha value is -2.31. The summed E-state index contributed by atoms with van der Waals surface area (Å²) in [7, 11) is 0. The molecule has 0 aliphatic heterocycles. The number of nitrogens with two attached hydrogens (primary N) is 1. The molecule has 0 fully saturated rings. The van der Waals surface area contributed by atoms with Gasteiger partial charge in [0.05, 0.1) is 11.9 Å². The Bertz CT molecular complexity index is 501. The summed E-state index contributed by atoms with van der Waals surface area (Å²) in [4.78, 5) is 11.5. The second kappa shape index (κ2) is 4.05. The van der Waals surface area contributed by atoms with Gasteiger partial charge in [-0.2, -0.15) is 5.10 Å². The van der Waals surface area contributed by atoms with Crippen LogP contribution in [-0.2, 0) is 6.54 Å². The molecule has 2 heterocycles. The number of H-pyrrole nitrogens is 1. The molecule has 4 N–H and O–H groups in total. The predicted molar refractivity (Wildman–Crippen MR) is 55.4 cm³/mol. The number of hydrogen-bond donors (Lipinski definition) is 3. The van der Waals surface area contributed by atoms with Crippen LogP contribution in [0, 0.1) is 6.92 Å². The molecule has 0 unspecified atom stereocenters. The van der Waals surface area contributed by atoms with Gasteiger partial charge in [-0.05, 0) is 6.92 Å². The first-order chi connectivity index (χ1) is 7.66. The molecule has 7 heteroatoms. The van der Waals surface area contributed by atoms with Gasteiger partial charge in [-0.25, -0.2) is 0 Å². The van der Waals surface area contributed by atoms with Crippen molar-refractivity contribution in [2.45, 2.75) is 13.5 Å². The standard InChI is InChI=1S/C9H11N5O2/c1-5-2-7(16-14-5)9(15)11-3-6-4-12-13-8(6)10/h2,4H,3H2,1H3,(H,11,15)(H3,10,12,13). The zero-order chi connectivity index (χ0) is 11.5. The molecule has 0 saturated carbocycles. The highest BCUT2D eigenvalue weighted by atomic mass is 16.5.